The number of pyridine rings is 1. The first-order chi connectivity index (χ1) is 10.3. The number of hydrogen-bond acceptors (Lipinski definition) is 4. The van der Waals surface area contributed by atoms with E-state index in [2.05, 4.69) is 15.2 Å². The quantitative estimate of drug-likeness (QED) is 0.566. The third kappa shape index (κ3) is 2.17. The number of halogens is 1. The minimum Gasteiger partial charge on any atom is -0.415 e. The molecule has 0 atom stereocenters. The van der Waals surface area contributed by atoms with Gasteiger partial charge in [0.25, 0.3) is 5.89 Å². The molecule has 0 aliphatic carbocycles. The topological polar surface area (TPSA) is 56.2 Å². The summed E-state index contributed by atoms with van der Waals surface area (Å²) in [5.74, 6) is 0.836. The molecule has 0 spiro atoms. The number of hydrogen-bond donors (Lipinski definition) is 0. The molecule has 0 unspecified atom stereocenters. The van der Waals surface area contributed by atoms with Gasteiger partial charge in [0.15, 0.2) is 0 Å². The number of rotatable bonds is 2. The first-order valence-electron chi connectivity index (χ1n) is 6.33. The molecule has 0 saturated carbocycles. The number of benzene rings is 1. The van der Waals surface area contributed by atoms with Gasteiger partial charge in [-0.3, -0.25) is 0 Å². The lowest BCUT2D eigenvalue weighted by atomic mass is 10.2. The third-order valence-corrected chi connectivity index (χ3v) is 3.35. The van der Waals surface area contributed by atoms with E-state index in [1.54, 1.807) is 12.1 Å². The average molecular weight is 297 g/mol. The van der Waals surface area contributed by atoms with E-state index >= 15 is 0 Å². The van der Waals surface area contributed by atoms with Crippen molar-refractivity contribution in [2.75, 3.05) is 0 Å². The monoisotopic (exact) mass is 296 g/mol. The van der Waals surface area contributed by atoms with Crippen LogP contribution in [0.25, 0.3) is 28.7 Å². The molecule has 3 heterocycles. The molecule has 1 aromatic carbocycles. The lowest BCUT2D eigenvalue weighted by Crippen LogP contribution is -1.77. The first kappa shape index (κ1) is 12.1. The largest absolute Gasteiger partial charge is 0.415 e. The highest BCUT2D eigenvalue weighted by atomic mass is 35.5. The second-order valence-electron chi connectivity index (χ2n) is 4.51. The number of nitrogens with zero attached hydrogens (tertiary/aromatic N) is 4. The van der Waals surface area contributed by atoms with Crippen LogP contribution in [-0.2, 0) is 0 Å². The molecule has 0 N–H and O–H groups in total. The lowest BCUT2D eigenvalue weighted by Gasteiger charge is -1.93. The van der Waals surface area contributed by atoms with Gasteiger partial charge in [0.05, 0.1) is 0 Å². The Morgan fingerprint density at radius 1 is 0.952 bits per heavy atom. The molecule has 0 aliphatic rings. The second kappa shape index (κ2) is 4.71. The van der Waals surface area contributed by atoms with Gasteiger partial charge in [0.1, 0.15) is 11.3 Å². The van der Waals surface area contributed by atoms with E-state index < -0.39 is 0 Å². The van der Waals surface area contributed by atoms with Crippen LogP contribution in [0.15, 0.2) is 59.3 Å². The SMILES string of the molecule is Clc1ccc(-c2nnc(-c3cn4ccccc4n3)o2)cc1. The van der Waals surface area contributed by atoms with Crippen LogP contribution in [0, 0.1) is 0 Å². The molecule has 0 bridgehead atoms. The summed E-state index contributed by atoms with van der Waals surface area (Å²) in [4.78, 5) is 4.45. The Balaban J connectivity index is 1.75. The molecule has 4 rings (SSSR count). The number of imidazole rings is 1. The van der Waals surface area contributed by atoms with Gasteiger partial charge in [-0.1, -0.05) is 17.7 Å². The third-order valence-electron chi connectivity index (χ3n) is 3.10. The highest BCUT2D eigenvalue weighted by Gasteiger charge is 2.13. The van der Waals surface area contributed by atoms with E-state index in [4.69, 9.17) is 16.0 Å². The van der Waals surface area contributed by atoms with Gasteiger partial charge >= 0.3 is 0 Å². The molecular formula is C15H9ClN4O. The molecule has 4 aromatic rings. The Morgan fingerprint density at radius 2 is 1.76 bits per heavy atom. The van der Waals surface area contributed by atoms with Crippen LogP contribution >= 0.6 is 11.6 Å². The zero-order valence-electron chi connectivity index (χ0n) is 10.8. The fourth-order valence-electron chi connectivity index (χ4n) is 2.07. The van der Waals surface area contributed by atoms with Gasteiger partial charge in [0.2, 0.25) is 5.89 Å². The maximum Gasteiger partial charge on any atom is 0.268 e. The summed E-state index contributed by atoms with van der Waals surface area (Å²) < 4.78 is 7.59. The van der Waals surface area contributed by atoms with Crippen molar-refractivity contribution in [3.8, 4) is 23.0 Å². The predicted molar refractivity (Wildman–Crippen MR) is 78.9 cm³/mol. The van der Waals surface area contributed by atoms with Crippen LogP contribution in [0.1, 0.15) is 0 Å². The normalized spacial score (nSPS) is 11.1. The zero-order valence-corrected chi connectivity index (χ0v) is 11.5. The Labute approximate surface area is 124 Å². The van der Waals surface area contributed by atoms with E-state index in [0.29, 0.717) is 22.5 Å². The average Bonchev–Trinajstić information content (AvgIpc) is 3.14. The number of aromatic nitrogens is 4. The summed E-state index contributed by atoms with van der Waals surface area (Å²) in [6.45, 7) is 0. The summed E-state index contributed by atoms with van der Waals surface area (Å²) >= 11 is 5.87. The molecule has 0 amide bonds. The van der Waals surface area contributed by atoms with Gasteiger partial charge in [-0.25, -0.2) is 4.98 Å². The van der Waals surface area contributed by atoms with E-state index in [9.17, 15) is 0 Å². The van der Waals surface area contributed by atoms with Crippen molar-refractivity contribution >= 4 is 17.2 Å². The summed E-state index contributed by atoms with van der Waals surface area (Å²) in [7, 11) is 0. The van der Waals surface area contributed by atoms with Crippen molar-refractivity contribution in [1.29, 1.82) is 0 Å². The fourth-order valence-corrected chi connectivity index (χ4v) is 2.20. The summed E-state index contributed by atoms with van der Waals surface area (Å²) in [5, 5.41) is 8.77. The Kier molecular flexibility index (Phi) is 2.72. The Hall–Kier alpha value is -2.66. The second-order valence-corrected chi connectivity index (χ2v) is 4.95. The van der Waals surface area contributed by atoms with E-state index in [1.807, 2.05) is 47.1 Å². The lowest BCUT2D eigenvalue weighted by molar-refractivity contribution is 0.582. The molecular weight excluding hydrogens is 288 g/mol. The standard InChI is InChI=1S/C15H9ClN4O/c16-11-6-4-10(5-7-11)14-18-19-15(21-14)12-9-20-8-2-1-3-13(20)17-12/h1-9H. The molecule has 3 aromatic heterocycles. The molecule has 0 radical (unpaired) electrons. The van der Waals surface area contributed by atoms with Crippen LogP contribution in [0.5, 0.6) is 0 Å². The van der Waals surface area contributed by atoms with Crippen LogP contribution in [0.3, 0.4) is 0 Å². The minimum atomic E-state index is 0.392. The van der Waals surface area contributed by atoms with Gasteiger partial charge in [-0.2, -0.15) is 0 Å². The Morgan fingerprint density at radius 3 is 2.57 bits per heavy atom. The van der Waals surface area contributed by atoms with Crippen molar-refractivity contribution < 1.29 is 4.42 Å². The van der Waals surface area contributed by atoms with Crippen molar-refractivity contribution in [1.82, 2.24) is 19.6 Å². The molecule has 0 saturated heterocycles. The molecule has 6 heteroatoms. The smallest absolute Gasteiger partial charge is 0.268 e. The van der Waals surface area contributed by atoms with Crippen LogP contribution in [0.4, 0.5) is 0 Å². The summed E-state index contributed by atoms with van der Waals surface area (Å²) in [6, 6.07) is 13.0. The molecule has 0 fully saturated rings. The van der Waals surface area contributed by atoms with Gasteiger partial charge in [-0.05, 0) is 36.4 Å². The van der Waals surface area contributed by atoms with Crippen LogP contribution in [-0.4, -0.2) is 19.6 Å². The maximum atomic E-state index is 5.87. The minimum absolute atomic E-state index is 0.392. The van der Waals surface area contributed by atoms with E-state index in [-0.39, 0.29) is 0 Å². The van der Waals surface area contributed by atoms with E-state index in [0.717, 1.165) is 11.2 Å². The molecule has 102 valence electrons. The van der Waals surface area contributed by atoms with Crippen molar-refractivity contribution in [2.45, 2.75) is 0 Å². The summed E-state index contributed by atoms with van der Waals surface area (Å²) in [5.41, 5.74) is 2.30. The predicted octanol–water partition coefficient (Wildman–Crippen LogP) is 3.70. The highest BCUT2D eigenvalue weighted by molar-refractivity contribution is 6.30. The Bertz CT molecular complexity index is 878. The fraction of sp³-hybridized carbons (Fsp3) is 0. The van der Waals surface area contributed by atoms with Crippen molar-refractivity contribution in [3.63, 3.8) is 0 Å². The van der Waals surface area contributed by atoms with Crippen molar-refractivity contribution in [2.24, 2.45) is 0 Å². The highest BCUT2D eigenvalue weighted by Crippen LogP contribution is 2.24. The van der Waals surface area contributed by atoms with Gasteiger partial charge in [-0.15, -0.1) is 10.2 Å². The van der Waals surface area contributed by atoms with Crippen molar-refractivity contribution in [3.05, 3.63) is 59.9 Å². The van der Waals surface area contributed by atoms with Crippen LogP contribution in [0.2, 0.25) is 5.02 Å². The molecule has 21 heavy (non-hydrogen) atoms. The number of fused-ring (bicyclic) bond motifs is 1. The van der Waals surface area contributed by atoms with E-state index in [1.165, 1.54) is 0 Å². The molecule has 0 aliphatic heterocycles. The maximum absolute atomic E-state index is 5.87. The molecule has 5 nitrogen and oxygen atoms in total. The summed E-state index contributed by atoms with van der Waals surface area (Å²) in [6.07, 6.45) is 3.77. The van der Waals surface area contributed by atoms with Gasteiger partial charge in [0, 0.05) is 23.0 Å². The zero-order chi connectivity index (χ0) is 14.2. The van der Waals surface area contributed by atoms with Gasteiger partial charge < -0.3 is 8.82 Å². The van der Waals surface area contributed by atoms with Crippen LogP contribution < -0.4 is 0 Å². The first-order valence-corrected chi connectivity index (χ1v) is 6.71.